The molecule has 23 heavy (non-hydrogen) atoms. The van der Waals surface area contributed by atoms with Crippen molar-refractivity contribution in [2.75, 3.05) is 19.8 Å². The molecule has 0 aromatic carbocycles. The van der Waals surface area contributed by atoms with Crippen molar-refractivity contribution in [3.63, 3.8) is 0 Å². The van der Waals surface area contributed by atoms with Gasteiger partial charge >= 0.3 is 5.97 Å². The first-order chi connectivity index (χ1) is 10.7. The second kappa shape index (κ2) is 9.00. The minimum absolute atomic E-state index is 0.0892. The summed E-state index contributed by atoms with van der Waals surface area (Å²) in [5, 5.41) is 0. The van der Waals surface area contributed by atoms with Gasteiger partial charge in [0, 0.05) is 18.6 Å². The molecule has 2 unspecified atom stereocenters. The number of rotatable bonds is 9. The lowest BCUT2D eigenvalue weighted by molar-refractivity contribution is -0.169. The van der Waals surface area contributed by atoms with Gasteiger partial charge in [0.05, 0.1) is 18.6 Å². The molecule has 136 valence electrons. The molecule has 1 saturated heterocycles. The van der Waals surface area contributed by atoms with E-state index in [-0.39, 0.29) is 12.3 Å². The first kappa shape index (κ1) is 20.4. The summed E-state index contributed by atoms with van der Waals surface area (Å²) in [5.41, 5.74) is 4.94. The van der Waals surface area contributed by atoms with Crippen LogP contribution >= 0.6 is 0 Å². The van der Waals surface area contributed by atoms with E-state index in [4.69, 9.17) is 19.9 Å². The van der Waals surface area contributed by atoms with Crippen molar-refractivity contribution in [1.29, 1.82) is 0 Å². The van der Waals surface area contributed by atoms with Gasteiger partial charge in [0.25, 0.3) is 0 Å². The van der Waals surface area contributed by atoms with E-state index >= 15 is 0 Å². The molecular weight excluding hydrogens is 294 g/mol. The zero-order valence-electron chi connectivity index (χ0n) is 15.5. The standard InChI is InChI=1S/C18H35NO4/c1-14(2)13-18(5,17(3,4)19)16(20)23-12-8-11-22-15-9-6-7-10-21-15/h14-15H,6-13,19H2,1-5H3. The molecule has 5 heteroatoms. The lowest BCUT2D eigenvalue weighted by Crippen LogP contribution is -2.55. The Morgan fingerprint density at radius 2 is 1.96 bits per heavy atom. The molecule has 1 heterocycles. The molecule has 2 atom stereocenters. The second-order valence-corrected chi connectivity index (χ2v) is 7.81. The van der Waals surface area contributed by atoms with E-state index in [0.29, 0.717) is 32.0 Å². The maximum absolute atomic E-state index is 12.5. The Kier molecular flexibility index (Phi) is 7.98. The monoisotopic (exact) mass is 329 g/mol. The van der Waals surface area contributed by atoms with Crippen LogP contribution in [-0.4, -0.2) is 37.6 Å². The van der Waals surface area contributed by atoms with E-state index in [0.717, 1.165) is 25.9 Å². The lowest BCUT2D eigenvalue weighted by Gasteiger charge is -2.40. The fraction of sp³-hybridized carbons (Fsp3) is 0.944. The van der Waals surface area contributed by atoms with Crippen LogP contribution in [0.4, 0.5) is 0 Å². The van der Waals surface area contributed by atoms with E-state index < -0.39 is 11.0 Å². The van der Waals surface area contributed by atoms with Crippen LogP contribution in [0.5, 0.6) is 0 Å². The molecule has 5 nitrogen and oxygen atoms in total. The number of esters is 1. The minimum atomic E-state index is -0.686. The van der Waals surface area contributed by atoms with Gasteiger partial charge in [-0.05, 0) is 52.4 Å². The highest BCUT2D eigenvalue weighted by Gasteiger charge is 2.46. The van der Waals surface area contributed by atoms with E-state index in [1.165, 1.54) is 0 Å². The third-order valence-electron chi connectivity index (χ3n) is 4.65. The van der Waals surface area contributed by atoms with Crippen LogP contribution in [0.25, 0.3) is 0 Å². The van der Waals surface area contributed by atoms with Gasteiger partial charge in [0.15, 0.2) is 6.29 Å². The molecule has 0 spiro atoms. The van der Waals surface area contributed by atoms with Crippen molar-refractivity contribution < 1.29 is 19.0 Å². The van der Waals surface area contributed by atoms with Crippen LogP contribution in [0.1, 0.15) is 66.7 Å². The van der Waals surface area contributed by atoms with Gasteiger partial charge in [-0.3, -0.25) is 4.79 Å². The third kappa shape index (κ3) is 6.40. The largest absolute Gasteiger partial charge is 0.465 e. The molecule has 1 aliphatic rings. The van der Waals surface area contributed by atoms with Crippen LogP contribution in [0.2, 0.25) is 0 Å². The first-order valence-corrected chi connectivity index (χ1v) is 8.86. The van der Waals surface area contributed by atoms with Crippen molar-refractivity contribution in [1.82, 2.24) is 0 Å². The average molecular weight is 329 g/mol. The highest BCUT2D eigenvalue weighted by atomic mass is 16.7. The Bertz CT molecular complexity index is 359. The zero-order valence-corrected chi connectivity index (χ0v) is 15.5. The van der Waals surface area contributed by atoms with Crippen LogP contribution in [0.3, 0.4) is 0 Å². The van der Waals surface area contributed by atoms with Gasteiger partial charge in [-0.2, -0.15) is 0 Å². The number of nitrogens with two attached hydrogens (primary N) is 1. The Morgan fingerprint density at radius 3 is 2.48 bits per heavy atom. The summed E-state index contributed by atoms with van der Waals surface area (Å²) >= 11 is 0. The van der Waals surface area contributed by atoms with Crippen molar-refractivity contribution in [2.45, 2.75) is 78.6 Å². The molecule has 0 saturated carbocycles. The predicted molar refractivity (Wildman–Crippen MR) is 90.9 cm³/mol. The maximum atomic E-state index is 12.5. The van der Waals surface area contributed by atoms with Crippen molar-refractivity contribution >= 4 is 5.97 Å². The fourth-order valence-electron chi connectivity index (χ4n) is 2.87. The summed E-state index contributed by atoms with van der Waals surface area (Å²) in [7, 11) is 0. The third-order valence-corrected chi connectivity index (χ3v) is 4.65. The summed E-state index contributed by atoms with van der Waals surface area (Å²) < 4.78 is 16.6. The van der Waals surface area contributed by atoms with Crippen molar-refractivity contribution in [3.05, 3.63) is 0 Å². The van der Waals surface area contributed by atoms with Gasteiger partial charge in [0.1, 0.15) is 0 Å². The fourth-order valence-corrected chi connectivity index (χ4v) is 2.87. The lowest BCUT2D eigenvalue weighted by atomic mass is 9.68. The molecule has 0 aromatic rings. The number of carbonyl (C=O) groups is 1. The number of hydrogen-bond acceptors (Lipinski definition) is 5. The van der Waals surface area contributed by atoms with Gasteiger partial charge in [-0.1, -0.05) is 13.8 Å². The molecule has 0 amide bonds. The van der Waals surface area contributed by atoms with Gasteiger partial charge in [0.2, 0.25) is 0 Å². The van der Waals surface area contributed by atoms with E-state index in [1.54, 1.807) is 0 Å². The van der Waals surface area contributed by atoms with Crippen LogP contribution in [0, 0.1) is 11.3 Å². The Hall–Kier alpha value is -0.650. The first-order valence-electron chi connectivity index (χ1n) is 8.86. The van der Waals surface area contributed by atoms with E-state index in [9.17, 15) is 4.79 Å². The van der Waals surface area contributed by atoms with Crippen LogP contribution in [0.15, 0.2) is 0 Å². The summed E-state index contributed by atoms with van der Waals surface area (Å²) in [5.74, 6) is 0.162. The van der Waals surface area contributed by atoms with Crippen LogP contribution in [-0.2, 0) is 19.0 Å². The number of ether oxygens (including phenoxy) is 3. The number of hydrogen-bond donors (Lipinski definition) is 1. The Morgan fingerprint density at radius 1 is 1.26 bits per heavy atom. The molecule has 0 radical (unpaired) electrons. The molecular formula is C18H35NO4. The maximum Gasteiger partial charge on any atom is 0.313 e. The summed E-state index contributed by atoms with van der Waals surface area (Å²) in [6, 6.07) is 0. The summed E-state index contributed by atoms with van der Waals surface area (Å²) in [6.07, 6.45) is 4.51. The zero-order chi connectivity index (χ0) is 17.5. The summed E-state index contributed by atoms with van der Waals surface area (Å²) in [6.45, 7) is 11.5. The number of carbonyl (C=O) groups excluding carboxylic acids is 1. The normalized spacial score (nSPS) is 22.0. The molecule has 0 aliphatic carbocycles. The van der Waals surface area contributed by atoms with E-state index in [2.05, 4.69) is 13.8 Å². The molecule has 1 aliphatic heterocycles. The van der Waals surface area contributed by atoms with Crippen molar-refractivity contribution in [2.24, 2.45) is 17.1 Å². The SMILES string of the molecule is CC(C)CC(C)(C(=O)OCCCOC1CCCCO1)C(C)(C)N. The Labute approximate surface area is 141 Å². The highest BCUT2D eigenvalue weighted by molar-refractivity contribution is 5.78. The second-order valence-electron chi connectivity index (χ2n) is 7.81. The molecule has 1 rings (SSSR count). The quantitative estimate of drug-likeness (QED) is 0.519. The average Bonchev–Trinajstić information content (AvgIpc) is 2.45. The molecule has 0 aromatic heterocycles. The minimum Gasteiger partial charge on any atom is -0.465 e. The Balaban J connectivity index is 2.34. The van der Waals surface area contributed by atoms with Crippen molar-refractivity contribution in [3.8, 4) is 0 Å². The van der Waals surface area contributed by atoms with Gasteiger partial charge < -0.3 is 19.9 Å². The topological polar surface area (TPSA) is 70.8 Å². The smallest absolute Gasteiger partial charge is 0.313 e. The molecule has 0 bridgehead atoms. The van der Waals surface area contributed by atoms with E-state index in [1.807, 2.05) is 20.8 Å². The summed E-state index contributed by atoms with van der Waals surface area (Å²) in [4.78, 5) is 12.5. The predicted octanol–water partition coefficient (Wildman–Crippen LogP) is 3.25. The highest BCUT2D eigenvalue weighted by Crippen LogP contribution is 2.37. The van der Waals surface area contributed by atoms with Crippen LogP contribution < -0.4 is 5.73 Å². The molecule has 1 fully saturated rings. The van der Waals surface area contributed by atoms with Gasteiger partial charge in [-0.15, -0.1) is 0 Å². The van der Waals surface area contributed by atoms with Gasteiger partial charge in [-0.25, -0.2) is 0 Å². The molecule has 2 N–H and O–H groups in total.